The number of carboxylic acid groups (broad SMARTS) is 1. The number of likely N-dealkylation sites (tertiary alicyclic amines) is 1. The first-order valence-electron chi connectivity index (χ1n) is 7.34. The Hall–Kier alpha value is -1.79. The molecule has 7 heteroatoms. The van der Waals surface area contributed by atoms with Gasteiger partial charge in [0.1, 0.15) is 5.75 Å². The molecule has 0 spiro atoms. The molecule has 1 amide bonds. The molecular weight excluding hydrogens is 322 g/mol. The van der Waals surface area contributed by atoms with Crippen LogP contribution in [0.2, 0.25) is 5.02 Å². The molecule has 6 nitrogen and oxygen atoms in total. The summed E-state index contributed by atoms with van der Waals surface area (Å²) < 4.78 is 5.74. The van der Waals surface area contributed by atoms with Crippen LogP contribution in [-0.4, -0.2) is 51.3 Å². The number of rotatable bonds is 4. The maximum atomic E-state index is 12.6. The summed E-state index contributed by atoms with van der Waals surface area (Å²) in [6, 6.07) is 6.70. The largest absolute Gasteiger partial charge is 0.479 e. The molecule has 0 bridgehead atoms. The number of ether oxygens (including phenoxy) is 1. The van der Waals surface area contributed by atoms with Crippen molar-refractivity contribution in [3.8, 4) is 5.75 Å². The normalized spacial score (nSPS) is 17.7. The second kappa shape index (κ2) is 6.37. The fraction of sp³-hybridized carbons (Fsp3) is 0.500. The lowest BCUT2D eigenvalue weighted by atomic mass is 9.91. The maximum absolute atomic E-state index is 12.6. The first-order valence-corrected chi connectivity index (χ1v) is 7.72. The number of carbonyl (C=O) groups is 2. The Kier molecular flexibility index (Phi) is 4.87. The van der Waals surface area contributed by atoms with Gasteiger partial charge in [-0.1, -0.05) is 11.6 Å². The summed E-state index contributed by atoms with van der Waals surface area (Å²) in [6.07, 6.45) is 0.0101. The summed E-state index contributed by atoms with van der Waals surface area (Å²) in [6.45, 7) is 3.66. The molecule has 1 aromatic carbocycles. The molecule has 0 aromatic heterocycles. The third-order valence-corrected chi connectivity index (χ3v) is 4.23. The molecule has 1 heterocycles. The van der Waals surface area contributed by atoms with Crippen LogP contribution < -0.4 is 4.74 Å². The first kappa shape index (κ1) is 17.6. The van der Waals surface area contributed by atoms with Crippen LogP contribution in [0.25, 0.3) is 0 Å². The molecule has 126 valence electrons. The van der Waals surface area contributed by atoms with Gasteiger partial charge in [0.2, 0.25) is 0 Å². The number of halogens is 1. The number of hydrogen-bond acceptors (Lipinski definition) is 4. The fourth-order valence-corrected chi connectivity index (χ4v) is 2.64. The zero-order chi connectivity index (χ0) is 17.3. The van der Waals surface area contributed by atoms with E-state index in [9.17, 15) is 14.7 Å². The number of aliphatic hydroxyl groups is 1. The summed E-state index contributed by atoms with van der Waals surface area (Å²) in [5.74, 6) is -0.979. The van der Waals surface area contributed by atoms with E-state index < -0.39 is 17.2 Å². The predicted molar refractivity (Wildman–Crippen MR) is 84.6 cm³/mol. The summed E-state index contributed by atoms with van der Waals surface area (Å²) in [5.41, 5.74) is -2.86. The Morgan fingerprint density at radius 3 is 2.22 bits per heavy atom. The highest BCUT2D eigenvalue weighted by Crippen LogP contribution is 2.27. The van der Waals surface area contributed by atoms with Crippen LogP contribution in [0.3, 0.4) is 0 Å². The molecule has 2 N–H and O–H groups in total. The average Bonchev–Trinajstić information content (AvgIpc) is 2.49. The van der Waals surface area contributed by atoms with Crippen LogP contribution >= 0.6 is 11.6 Å². The third kappa shape index (κ3) is 3.95. The Bertz CT molecular complexity index is 591. The van der Waals surface area contributed by atoms with Crippen molar-refractivity contribution >= 4 is 23.5 Å². The molecule has 2 rings (SSSR count). The van der Waals surface area contributed by atoms with Crippen molar-refractivity contribution in [3.05, 3.63) is 29.3 Å². The number of amides is 1. The molecule has 0 atom stereocenters. The Balaban J connectivity index is 2.02. The summed E-state index contributed by atoms with van der Waals surface area (Å²) in [5, 5.41) is 19.5. The molecule has 1 aliphatic heterocycles. The van der Waals surface area contributed by atoms with Gasteiger partial charge in [0.25, 0.3) is 5.91 Å². The predicted octanol–water partition coefficient (Wildman–Crippen LogP) is 1.94. The van der Waals surface area contributed by atoms with Gasteiger partial charge in [-0.15, -0.1) is 0 Å². The number of benzene rings is 1. The standard InChI is InChI=1S/C16H20ClNO5/c1-15(2,23-12-5-3-11(17)4-6-12)13(19)18-9-7-16(22,8-10-18)14(20)21/h3-6,22H,7-10H2,1-2H3,(H,20,21). The van der Waals surface area contributed by atoms with E-state index in [2.05, 4.69) is 0 Å². The van der Waals surface area contributed by atoms with Crippen LogP contribution in [-0.2, 0) is 9.59 Å². The zero-order valence-electron chi connectivity index (χ0n) is 13.1. The van der Waals surface area contributed by atoms with Crippen molar-refractivity contribution in [2.75, 3.05) is 13.1 Å². The monoisotopic (exact) mass is 341 g/mol. The van der Waals surface area contributed by atoms with E-state index in [4.69, 9.17) is 21.4 Å². The lowest BCUT2D eigenvalue weighted by Crippen LogP contribution is -2.56. The van der Waals surface area contributed by atoms with E-state index >= 15 is 0 Å². The minimum Gasteiger partial charge on any atom is -0.479 e. The van der Waals surface area contributed by atoms with Crippen LogP contribution in [0, 0.1) is 0 Å². The van der Waals surface area contributed by atoms with Gasteiger partial charge in [-0.3, -0.25) is 4.79 Å². The highest BCUT2D eigenvalue weighted by atomic mass is 35.5. The van der Waals surface area contributed by atoms with Crippen molar-refractivity contribution in [1.82, 2.24) is 4.90 Å². The van der Waals surface area contributed by atoms with Crippen molar-refractivity contribution < 1.29 is 24.5 Å². The van der Waals surface area contributed by atoms with Crippen molar-refractivity contribution in [2.45, 2.75) is 37.9 Å². The number of carboxylic acids is 1. The Morgan fingerprint density at radius 1 is 1.22 bits per heavy atom. The van der Waals surface area contributed by atoms with E-state index in [0.717, 1.165) is 0 Å². The molecular formula is C16H20ClNO5. The quantitative estimate of drug-likeness (QED) is 0.873. The molecule has 0 unspecified atom stereocenters. The number of nitrogens with zero attached hydrogens (tertiary/aromatic N) is 1. The van der Waals surface area contributed by atoms with Gasteiger partial charge in [-0.05, 0) is 38.1 Å². The Labute approximate surface area is 139 Å². The number of carbonyl (C=O) groups excluding carboxylic acids is 1. The molecule has 1 fully saturated rings. The number of aliphatic carboxylic acids is 1. The molecule has 0 radical (unpaired) electrons. The van der Waals surface area contributed by atoms with Gasteiger partial charge in [-0.2, -0.15) is 0 Å². The van der Waals surface area contributed by atoms with Crippen molar-refractivity contribution in [2.24, 2.45) is 0 Å². The summed E-state index contributed by atoms with van der Waals surface area (Å²) in [7, 11) is 0. The van der Waals surface area contributed by atoms with Crippen LogP contribution in [0.4, 0.5) is 0 Å². The molecule has 0 aliphatic carbocycles. The van der Waals surface area contributed by atoms with Gasteiger partial charge in [0.05, 0.1) is 0 Å². The lowest BCUT2D eigenvalue weighted by molar-refractivity contribution is -0.167. The van der Waals surface area contributed by atoms with Crippen molar-refractivity contribution in [3.63, 3.8) is 0 Å². The smallest absolute Gasteiger partial charge is 0.335 e. The molecule has 23 heavy (non-hydrogen) atoms. The topological polar surface area (TPSA) is 87.1 Å². The molecule has 1 aliphatic rings. The van der Waals surface area contributed by atoms with E-state index in [0.29, 0.717) is 10.8 Å². The number of hydrogen-bond donors (Lipinski definition) is 2. The second-order valence-corrected chi connectivity index (χ2v) is 6.63. The summed E-state index contributed by atoms with van der Waals surface area (Å²) >= 11 is 5.82. The Morgan fingerprint density at radius 2 is 1.74 bits per heavy atom. The van der Waals surface area contributed by atoms with Crippen LogP contribution in [0.5, 0.6) is 5.75 Å². The van der Waals surface area contributed by atoms with Gasteiger partial charge in [0.15, 0.2) is 11.2 Å². The van der Waals surface area contributed by atoms with E-state index in [1.54, 1.807) is 38.1 Å². The minimum atomic E-state index is -1.75. The lowest BCUT2D eigenvalue weighted by Gasteiger charge is -2.38. The molecule has 0 saturated carbocycles. The van der Waals surface area contributed by atoms with E-state index in [1.165, 1.54) is 4.90 Å². The van der Waals surface area contributed by atoms with Gasteiger partial charge < -0.3 is 19.8 Å². The third-order valence-electron chi connectivity index (χ3n) is 3.98. The summed E-state index contributed by atoms with van der Waals surface area (Å²) in [4.78, 5) is 25.2. The second-order valence-electron chi connectivity index (χ2n) is 6.20. The SMILES string of the molecule is CC(C)(Oc1ccc(Cl)cc1)C(=O)N1CCC(O)(C(=O)O)CC1. The fourth-order valence-electron chi connectivity index (χ4n) is 2.52. The van der Waals surface area contributed by atoms with E-state index in [-0.39, 0.29) is 31.8 Å². The van der Waals surface area contributed by atoms with Gasteiger partial charge in [0, 0.05) is 31.0 Å². The zero-order valence-corrected chi connectivity index (χ0v) is 13.8. The van der Waals surface area contributed by atoms with Crippen LogP contribution in [0.1, 0.15) is 26.7 Å². The molecule has 1 aromatic rings. The average molecular weight is 342 g/mol. The molecule has 1 saturated heterocycles. The van der Waals surface area contributed by atoms with Crippen LogP contribution in [0.15, 0.2) is 24.3 Å². The van der Waals surface area contributed by atoms with Crippen molar-refractivity contribution in [1.29, 1.82) is 0 Å². The first-order chi connectivity index (χ1) is 10.6. The highest BCUT2D eigenvalue weighted by molar-refractivity contribution is 6.30. The van der Waals surface area contributed by atoms with Gasteiger partial charge >= 0.3 is 5.97 Å². The minimum absolute atomic E-state index is 0.00506. The highest BCUT2D eigenvalue weighted by Gasteiger charge is 2.43. The maximum Gasteiger partial charge on any atom is 0.335 e. The van der Waals surface area contributed by atoms with Gasteiger partial charge in [-0.25, -0.2) is 4.79 Å². The number of piperidine rings is 1. The van der Waals surface area contributed by atoms with E-state index in [1.807, 2.05) is 0 Å².